The van der Waals surface area contributed by atoms with Crippen LogP contribution in [0.3, 0.4) is 0 Å². The Morgan fingerprint density at radius 2 is 1.71 bits per heavy atom. The van der Waals surface area contributed by atoms with Gasteiger partial charge in [-0.25, -0.2) is 0 Å². The number of likely N-dealkylation sites (tertiary alicyclic amines) is 1. The van der Waals surface area contributed by atoms with E-state index in [0.717, 1.165) is 18.9 Å². The lowest BCUT2D eigenvalue weighted by Gasteiger charge is -2.45. The van der Waals surface area contributed by atoms with E-state index in [1.165, 1.54) is 44.9 Å². The number of nitrogens with zero attached hydrogens (tertiary/aromatic N) is 1. The summed E-state index contributed by atoms with van der Waals surface area (Å²) in [5, 5.41) is 0. The lowest BCUT2D eigenvalue weighted by atomic mass is 9.65. The van der Waals surface area contributed by atoms with Crippen LogP contribution in [0.1, 0.15) is 92.9 Å². The van der Waals surface area contributed by atoms with Crippen LogP contribution in [0.15, 0.2) is 0 Å². The second kappa shape index (κ2) is 8.23. The zero-order valence-corrected chi connectivity index (χ0v) is 17.1. The van der Waals surface area contributed by atoms with Crippen molar-refractivity contribution >= 4 is 5.91 Å². The van der Waals surface area contributed by atoms with Crippen molar-refractivity contribution in [2.24, 2.45) is 29.1 Å². The number of piperidine rings is 1. The van der Waals surface area contributed by atoms with Gasteiger partial charge in [0.2, 0.25) is 5.91 Å². The highest BCUT2D eigenvalue weighted by Gasteiger charge is 2.41. The summed E-state index contributed by atoms with van der Waals surface area (Å²) in [6.45, 7) is 15.0. The summed E-state index contributed by atoms with van der Waals surface area (Å²) in [4.78, 5) is 15.3. The molecule has 140 valence electrons. The van der Waals surface area contributed by atoms with Crippen molar-refractivity contribution in [2.45, 2.75) is 99.0 Å². The summed E-state index contributed by atoms with van der Waals surface area (Å²) in [7, 11) is 0. The van der Waals surface area contributed by atoms with Gasteiger partial charge < -0.3 is 4.90 Å². The van der Waals surface area contributed by atoms with Crippen LogP contribution in [0, 0.1) is 29.1 Å². The number of carbonyl (C=O) groups excluding carboxylic acids is 1. The van der Waals surface area contributed by atoms with Gasteiger partial charge in [0.1, 0.15) is 0 Å². The predicted molar refractivity (Wildman–Crippen MR) is 103 cm³/mol. The molecule has 0 aromatic heterocycles. The highest BCUT2D eigenvalue weighted by Crippen LogP contribution is 2.45. The Bertz CT molecular complexity index is 416. The SMILES string of the molecule is CC1CCCCC2C(=O)N(C(C)C)CCC2CC(C)(C(C)C)CC1. The van der Waals surface area contributed by atoms with E-state index < -0.39 is 0 Å². The molecule has 2 rings (SSSR count). The standard InChI is InChI=1S/C22H41NO/c1-16(2)22(6)13-11-18(5)9-7-8-10-20-19(15-22)12-14-23(17(3)4)21(20)24/h16-20H,7-15H2,1-6H3. The Morgan fingerprint density at radius 1 is 1.04 bits per heavy atom. The van der Waals surface area contributed by atoms with E-state index in [-0.39, 0.29) is 5.92 Å². The molecule has 0 aromatic rings. The molecule has 1 saturated heterocycles. The van der Waals surface area contributed by atoms with Crippen molar-refractivity contribution in [3.8, 4) is 0 Å². The molecule has 4 atom stereocenters. The largest absolute Gasteiger partial charge is 0.340 e. The predicted octanol–water partition coefficient (Wildman–Crippen LogP) is 5.90. The first kappa shape index (κ1) is 19.8. The quantitative estimate of drug-likeness (QED) is 0.615. The minimum Gasteiger partial charge on any atom is -0.340 e. The fraction of sp³-hybridized carbons (Fsp3) is 0.955. The third-order valence-electron chi connectivity index (χ3n) is 7.33. The molecule has 0 spiro atoms. The number of amides is 1. The molecule has 1 amide bonds. The molecule has 1 saturated carbocycles. The Labute approximate surface area is 150 Å². The summed E-state index contributed by atoms with van der Waals surface area (Å²) < 4.78 is 0. The number of carbonyl (C=O) groups is 1. The summed E-state index contributed by atoms with van der Waals surface area (Å²) in [6, 6.07) is 0.355. The third kappa shape index (κ3) is 4.55. The van der Waals surface area contributed by atoms with E-state index in [0.29, 0.717) is 29.2 Å². The number of hydrogen-bond donors (Lipinski definition) is 0. The van der Waals surface area contributed by atoms with Crippen LogP contribution in [-0.2, 0) is 4.79 Å². The summed E-state index contributed by atoms with van der Waals surface area (Å²) >= 11 is 0. The van der Waals surface area contributed by atoms with E-state index in [2.05, 4.69) is 46.4 Å². The average Bonchev–Trinajstić information content (AvgIpc) is 2.53. The van der Waals surface area contributed by atoms with Crippen LogP contribution in [0.5, 0.6) is 0 Å². The Kier molecular flexibility index (Phi) is 6.79. The maximum absolute atomic E-state index is 13.1. The molecule has 24 heavy (non-hydrogen) atoms. The number of hydrogen-bond acceptors (Lipinski definition) is 1. The summed E-state index contributed by atoms with van der Waals surface area (Å²) in [5.41, 5.74) is 0.391. The van der Waals surface area contributed by atoms with E-state index in [1.54, 1.807) is 0 Å². The zero-order valence-electron chi connectivity index (χ0n) is 17.1. The van der Waals surface area contributed by atoms with Gasteiger partial charge >= 0.3 is 0 Å². The smallest absolute Gasteiger partial charge is 0.226 e. The molecule has 2 fully saturated rings. The topological polar surface area (TPSA) is 20.3 Å². The second-order valence-corrected chi connectivity index (χ2v) is 9.72. The van der Waals surface area contributed by atoms with Crippen LogP contribution >= 0.6 is 0 Å². The first-order chi connectivity index (χ1) is 11.2. The molecular formula is C22H41NO. The Morgan fingerprint density at radius 3 is 2.33 bits per heavy atom. The molecule has 1 heterocycles. The van der Waals surface area contributed by atoms with Crippen LogP contribution < -0.4 is 0 Å². The minimum atomic E-state index is 0.285. The van der Waals surface area contributed by atoms with Gasteiger partial charge in [0, 0.05) is 18.5 Å². The number of rotatable bonds is 2. The maximum Gasteiger partial charge on any atom is 0.226 e. The molecule has 0 radical (unpaired) electrons. The van der Waals surface area contributed by atoms with Crippen molar-refractivity contribution in [3.63, 3.8) is 0 Å². The van der Waals surface area contributed by atoms with Crippen LogP contribution in [0.2, 0.25) is 0 Å². The zero-order chi connectivity index (χ0) is 17.9. The lowest BCUT2D eigenvalue weighted by molar-refractivity contribution is -0.144. The van der Waals surface area contributed by atoms with E-state index in [9.17, 15) is 4.79 Å². The monoisotopic (exact) mass is 335 g/mol. The van der Waals surface area contributed by atoms with Gasteiger partial charge in [0.05, 0.1) is 0 Å². The molecule has 2 nitrogen and oxygen atoms in total. The van der Waals surface area contributed by atoms with Crippen molar-refractivity contribution in [2.75, 3.05) is 6.54 Å². The molecule has 0 N–H and O–H groups in total. The van der Waals surface area contributed by atoms with Gasteiger partial charge in [-0.15, -0.1) is 0 Å². The van der Waals surface area contributed by atoms with Crippen LogP contribution in [0.25, 0.3) is 0 Å². The summed E-state index contributed by atoms with van der Waals surface area (Å²) in [5.74, 6) is 2.89. The average molecular weight is 336 g/mol. The third-order valence-corrected chi connectivity index (χ3v) is 7.33. The Balaban J connectivity index is 2.22. The maximum atomic E-state index is 13.1. The first-order valence-electron chi connectivity index (χ1n) is 10.5. The number of fused-ring (bicyclic) bond motifs is 1. The fourth-order valence-electron chi connectivity index (χ4n) is 4.95. The van der Waals surface area contributed by atoms with E-state index in [1.807, 2.05) is 0 Å². The van der Waals surface area contributed by atoms with Gasteiger partial charge in [0.15, 0.2) is 0 Å². The van der Waals surface area contributed by atoms with Crippen LogP contribution in [0.4, 0.5) is 0 Å². The summed E-state index contributed by atoms with van der Waals surface area (Å²) in [6.07, 6.45) is 10.2. The normalized spacial score (nSPS) is 36.6. The molecular weight excluding hydrogens is 294 g/mol. The van der Waals surface area contributed by atoms with Gasteiger partial charge in [-0.3, -0.25) is 4.79 Å². The lowest BCUT2D eigenvalue weighted by Crippen LogP contribution is -2.49. The molecule has 2 aliphatic rings. The van der Waals surface area contributed by atoms with Crippen molar-refractivity contribution in [1.29, 1.82) is 0 Å². The minimum absolute atomic E-state index is 0.285. The van der Waals surface area contributed by atoms with E-state index in [4.69, 9.17) is 0 Å². The Hall–Kier alpha value is -0.530. The molecule has 1 aliphatic heterocycles. The van der Waals surface area contributed by atoms with Gasteiger partial charge in [-0.05, 0) is 62.7 Å². The van der Waals surface area contributed by atoms with Crippen molar-refractivity contribution in [1.82, 2.24) is 4.90 Å². The molecule has 4 unspecified atom stereocenters. The van der Waals surface area contributed by atoms with Gasteiger partial charge in [0.25, 0.3) is 0 Å². The van der Waals surface area contributed by atoms with E-state index >= 15 is 0 Å². The first-order valence-corrected chi connectivity index (χ1v) is 10.5. The van der Waals surface area contributed by atoms with Crippen molar-refractivity contribution < 1.29 is 4.79 Å². The molecule has 0 aromatic carbocycles. The molecule has 1 aliphatic carbocycles. The fourth-order valence-corrected chi connectivity index (χ4v) is 4.95. The highest BCUT2D eigenvalue weighted by atomic mass is 16.2. The van der Waals surface area contributed by atoms with Gasteiger partial charge in [-0.2, -0.15) is 0 Å². The van der Waals surface area contributed by atoms with Crippen molar-refractivity contribution in [3.05, 3.63) is 0 Å². The highest BCUT2D eigenvalue weighted by molar-refractivity contribution is 5.80. The molecule has 2 heteroatoms. The second-order valence-electron chi connectivity index (χ2n) is 9.72. The van der Waals surface area contributed by atoms with Crippen LogP contribution in [-0.4, -0.2) is 23.4 Å². The van der Waals surface area contributed by atoms with Gasteiger partial charge in [-0.1, -0.05) is 53.4 Å². The molecule has 0 bridgehead atoms.